The summed E-state index contributed by atoms with van der Waals surface area (Å²) in [7, 11) is 0. The van der Waals surface area contributed by atoms with Crippen LogP contribution in [0, 0.1) is 17.4 Å². The maximum absolute atomic E-state index is 14.0. The Bertz CT molecular complexity index is 2460. The number of anilines is 2. The van der Waals surface area contributed by atoms with E-state index >= 15 is 0 Å². The summed E-state index contributed by atoms with van der Waals surface area (Å²) >= 11 is 6.33. The maximum atomic E-state index is 14.0. The lowest BCUT2D eigenvalue weighted by molar-refractivity contribution is -0.199. The first-order valence-electron chi connectivity index (χ1n) is 22.2. The zero-order chi connectivity index (χ0) is 44.1. The van der Waals surface area contributed by atoms with Gasteiger partial charge in [0, 0.05) is 111 Å². The highest BCUT2D eigenvalue weighted by Crippen LogP contribution is 2.59. The molecular formula is C48H53ClN8O6. The molecule has 0 spiro atoms. The van der Waals surface area contributed by atoms with Crippen LogP contribution < -0.4 is 19.9 Å². The van der Waals surface area contributed by atoms with E-state index in [9.17, 15) is 24.0 Å². The van der Waals surface area contributed by atoms with Crippen LogP contribution in [0.2, 0.25) is 5.02 Å². The molecule has 5 amide bonds. The quantitative estimate of drug-likeness (QED) is 0.226. The van der Waals surface area contributed by atoms with Crippen molar-refractivity contribution in [2.24, 2.45) is 10.8 Å². The fourth-order valence-electron chi connectivity index (χ4n) is 12.2. The van der Waals surface area contributed by atoms with Crippen LogP contribution in [0.3, 0.4) is 0 Å². The molecule has 63 heavy (non-hydrogen) atoms. The molecule has 0 aromatic heterocycles. The van der Waals surface area contributed by atoms with Gasteiger partial charge >= 0.3 is 0 Å². The normalized spacial score (nSPS) is 26.3. The summed E-state index contributed by atoms with van der Waals surface area (Å²) in [6, 6.07) is 17.0. The summed E-state index contributed by atoms with van der Waals surface area (Å²) in [5, 5.41) is 2.63. The minimum absolute atomic E-state index is 0.0270. The molecule has 0 bridgehead atoms. The van der Waals surface area contributed by atoms with Gasteiger partial charge in [0.2, 0.25) is 17.5 Å². The average molecular weight is 873 g/mol. The van der Waals surface area contributed by atoms with Crippen molar-refractivity contribution < 1.29 is 28.7 Å². The number of hydrogen-bond donors (Lipinski definition) is 1. The topological polar surface area (TPSA) is 130 Å². The Kier molecular flexibility index (Phi) is 10.1. The van der Waals surface area contributed by atoms with Crippen molar-refractivity contribution in [3.05, 3.63) is 93.3 Å². The van der Waals surface area contributed by atoms with Crippen molar-refractivity contribution in [1.82, 2.24) is 24.9 Å². The summed E-state index contributed by atoms with van der Waals surface area (Å²) in [6.45, 7) is 24.3. The number of carbonyl (C=O) groups is 5. The van der Waals surface area contributed by atoms with Crippen LogP contribution in [0.5, 0.6) is 5.75 Å². The number of likely N-dealkylation sites (tertiary alicyclic amines) is 1. The fraction of sp³-hybridized carbons (Fsp3) is 0.500. The number of nitrogens with one attached hydrogen (secondary N) is 1. The van der Waals surface area contributed by atoms with Crippen molar-refractivity contribution >= 4 is 58.2 Å². The highest BCUT2D eigenvalue weighted by molar-refractivity contribution is 6.33. The minimum atomic E-state index is -0.968. The molecule has 5 fully saturated rings. The summed E-state index contributed by atoms with van der Waals surface area (Å²) in [5.74, 6) is -1.24. The lowest BCUT2D eigenvalue weighted by Crippen LogP contribution is -2.74. The Labute approximate surface area is 372 Å². The molecule has 6 heterocycles. The Morgan fingerprint density at radius 2 is 1.37 bits per heavy atom. The lowest BCUT2D eigenvalue weighted by atomic mass is 9.49. The number of piperazine rings is 1. The van der Waals surface area contributed by atoms with Crippen molar-refractivity contribution in [2.75, 3.05) is 62.2 Å². The Morgan fingerprint density at radius 3 is 2.03 bits per heavy atom. The predicted octanol–water partition coefficient (Wildman–Crippen LogP) is 5.61. The van der Waals surface area contributed by atoms with Crippen LogP contribution in [0.15, 0.2) is 54.6 Å². The van der Waals surface area contributed by atoms with Crippen LogP contribution in [-0.4, -0.2) is 132 Å². The van der Waals surface area contributed by atoms with Crippen LogP contribution in [0.4, 0.5) is 17.1 Å². The molecule has 6 aliphatic heterocycles. The van der Waals surface area contributed by atoms with Gasteiger partial charge in [0.25, 0.3) is 17.7 Å². The van der Waals surface area contributed by atoms with Crippen molar-refractivity contribution in [3.63, 3.8) is 0 Å². The Balaban J connectivity index is 0.694. The minimum Gasteiger partial charge on any atom is -0.489 e. The number of imide groups is 2. The van der Waals surface area contributed by atoms with E-state index in [1.165, 1.54) is 5.69 Å². The van der Waals surface area contributed by atoms with Crippen molar-refractivity contribution in [2.45, 2.75) is 90.2 Å². The van der Waals surface area contributed by atoms with Gasteiger partial charge < -0.3 is 19.4 Å². The highest BCUT2D eigenvalue weighted by Gasteiger charge is 2.67. The molecule has 328 valence electrons. The zero-order valence-corrected chi connectivity index (χ0v) is 37.0. The first-order valence-corrected chi connectivity index (χ1v) is 22.6. The van der Waals surface area contributed by atoms with E-state index < -0.39 is 23.8 Å². The number of amides is 5. The molecule has 1 N–H and O–H groups in total. The smallest absolute Gasteiger partial charge is 0.262 e. The third-order valence-electron chi connectivity index (χ3n) is 15.1. The van der Waals surface area contributed by atoms with E-state index in [1.807, 2.05) is 17.0 Å². The number of rotatable bonds is 8. The largest absolute Gasteiger partial charge is 0.489 e. The van der Waals surface area contributed by atoms with Crippen LogP contribution in [-0.2, 0) is 16.1 Å². The predicted molar refractivity (Wildman–Crippen MR) is 237 cm³/mol. The van der Waals surface area contributed by atoms with Crippen molar-refractivity contribution in [1.29, 1.82) is 0 Å². The first-order chi connectivity index (χ1) is 30.1. The maximum Gasteiger partial charge on any atom is 0.262 e. The second-order valence-electron chi connectivity index (χ2n) is 19.6. The number of carbonyl (C=O) groups excluding carboxylic acids is 5. The molecule has 1 aliphatic carbocycles. The van der Waals surface area contributed by atoms with Crippen molar-refractivity contribution in [3.8, 4) is 5.75 Å². The lowest BCUT2D eigenvalue weighted by Gasteiger charge is -2.65. The van der Waals surface area contributed by atoms with Gasteiger partial charge in [-0.1, -0.05) is 45.4 Å². The third-order valence-corrected chi connectivity index (χ3v) is 15.4. The van der Waals surface area contributed by atoms with Gasteiger partial charge in [-0.2, -0.15) is 0 Å². The number of ether oxygens (including phenoxy) is 1. The standard InChI is InChI=1S/C48H53ClN8O6/c1-47(2)45(48(3,4)46(47)63-33-8-11-38(50-5)37(49)24-33)56-25-28-22-30(6-9-34(28)42(56)60)53-18-20-54(21-19-53)32-26-55(27-32)29-14-16-52(17-15-29)31-7-10-35-36(23-31)44(62)57(43(35)61)39-12-13-40(58)51-41(39)59/h6-11,22-24,29,32,39,45-46H,12-21,25-27H2,1-4H3,(H,51,58,59). The van der Waals surface area contributed by atoms with Gasteiger partial charge in [0.05, 0.1) is 22.7 Å². The SMILES string of the molecule is [C-]#[N+]c1ccc(OC2C(C)(C)C(N3Cc4cc(N5CCN(C6CN(C7CCN(c8ccc9c(c8)C(=O)N(C8CCC(=O)NC8=O)C9=O)CC7)C6)CC5)ccc4C3=O)C2(C)C)cc1Cl. The molecule has 15 heteroatoms. The van der Waals surface area contributed by atoms with Gasteiger partial charge in [0.1, 0.15) is 17.9 Å². The zero-order valence-electron chi connectivity index (χ0n) is 36.2. The van der Waals surface area contributed by atoms with Crippen LogP contribution in [0.25, 0.3) is 4.85 Å². The molecule has 3 aromatic carbocycles. The van der Waals surface area contributed by atoms with Gasteiger partial charge in [-0.3, -0.25) is 44.0 Å². The third kappa shape index (κ3) is 6.85. The molecule has 1 unspecified atom stereocenters. The molecule has 3 aromatic rings. The van der Waals surface area contributed by atoms with E-state index in [4.69, 9.17) is 22.9 Å². The van der Waals surface area contributed by atoms with Gasteiger partial charge in [-0.15, -0.1) is 0 Å². The molecule has 7 aliphatic rings. The van der Waals surface area contributed by atoms with E-state index in [0.29, 0.717) is 46.2 Å². The Morgan fingerprint density at radius 1 is 0.714 bits per heavy atom. The van der Waals surface area contributed by atoms with Gasteiger partial charge in [0.15, 0.2) is 0 Å². The van der Waals surface area contributed by atoms with E-state index in [1.54, 1.807) is 30.3 Å². The molecular weight excluding hydrogens is 820 g/mol. The number of hydrogen-bond acceptors (Lipinski definition) is 10. The van der Waals surface area contributed by atoms with E-state index in [0.717, 1.165) is 86.9 Å². The molecule has 1 atom stereocenters. The number of benzene rings is 3. The second-order valence-corrected chi connectivity index (χ2v) is 20.0. The first kappa shape index (κ1) is 41.5. The number of nitrogens with zero attached hydrogens (tertiary/aromatic N) is 7. The summed E-state index contributed by atoms with van der Waals surface area (Å²) in [6.07, 6.45) is 2.12. The fourth-order valence-corrected chi connectivity index (χ4v) is 12.5. The van der Waals surface area contributed by atoms with Crippen LogP contribution in [0.1, 0.15) is 90.0 Å². The summed E-state index contributed by atoms with van der Waals surface area (Å²) in [5.41, 5.74) is 4.33. The molecule has 4 saturated heterocycles. The molecule has 0 radical (unpaired) electrons. The van der Waals surface area contributed by atoms with Crippen LogP contribution >= 0.6 is 11.6 Å². The Hall–Kier alpha value is -5.49. The van der Waals surface area contributed by atoms with Gasteiger partial charge in [-0.25, -0.2) is 4.85 Å². The van der Waals surface area contributed by atoms with Gasteiger partial charge in [-0.05, 0) is 73.4 Å². The monoisotopic (exact) mass is 872 g/mol. The number of fused-ring (bicyclic) bond motifs is 2. The molecule has 10 rings (SSSR count). The average Bonchev–Trinajstić information content (AvgIpc) is 3.69. The molecule has 1 saturated carbocycles. The summed E-state index contributed by atoms with van der Waals surface area (Å²) in [4.78, 5) is 81.2. The highest BCUT2D eigenvalue weighted by atomic mass is 35.5. The second kappa shape index (κ2) is 15.3. The number of piperidine rings is 2. The van der Waals surface area contributed by atoms with E-state index in [2.05, 4.69) is 69.6 Å². The van der Waals surface area contributed by atoms with E-state index in [-0.39, 0.29) is 47.6 Å². The molecule has 14 nitrogen and oxygen atoms in total. The number of halogens is 1. The summed E-state index contributed by atoms with van der Waals surface area (Å²) < 4.78 is 6.52.